The third kappa shape index (κ3) is 24.9. The van der Waals surface area contributed by atoms with Crippen LogP contribution in [0.25, 0.3) is 0 Å². The minimum absolute atomic E-state index is 0.0184. The molecule has 108 heavy (non-hydrogen) atoms. The standard InChI is InChI=1S/C80H114F4N10O14/c1-16-48(8)71(93(13)77(103)69(46(4)5)91-76(102)70(47(6)7)92(11)12)61(106-14)41-63(99)94-37-21-25-58(94)72(107-15)49(9)59(96)40-55(38-51-22-18-17-19-23-51)74(100)88-43-52-26-28-56(29-27-52)89-75(101)54(24-20-36-87-79(86)105)39-60(97)68(45(2)3)90-62(98)31-30-57(95)42-80(44-85)34-32-53(33-35-80)78(104)108-73-66(83)64(81)50(10)65(82)67(73)84/h17-19,22-23,26-29,45-49,53-55,58,61,68-72H,16,20-21,24-25,30-43H2,1-15H3,(H,88,100)(H,89,101)(H,90,98)(H,91,102)(H3,86,87,105)/t48-,49-,53?,54+,55+,58-,61+,68-,69-,70-,71-,72+,80?/m0/s1. The van der Waals surface area contributed by atoms with Gasteiger partial charge in [-0.2, -0.15) is 14.0 Å². The molecular weight excluding hydrogens is 1400 g/mol. The highest BCUT2D eigenvalue weighted by atomic mass is 19.2. The summed E-state index contributed by atoms with van der Waals surface area (Å²) in [5.74, 6) is -17.9. The van der Waals surface area contributed by atoms with E-state index in [0.717, 1.165) is 12.5 Å². The Morgan fingerprint density at radius 2 is 1.31 bits per heavy atom. The van der Waals surface area contributed by atoms with Gasteiger partial charge in [0.2, 0.25) is 52.8 Å². The van der Waals surface area contributed by atoms with Crippen LogP contribution in [0.3, 0.4) is 0 Å². The second-order valence-electron chi connectivity index (χ2n) is 30.5. The number of carbonyl (C=O) groups excluding carboxylic acids is 11. The summed E-state index contributed by atoms with van der Waals surface area (Å²) >= 11 is 0. The molecule has 1 aliphatic carbocycles. The average molecular weight is 1520 g/mol. The summed E-state index contributed by atoms with van der Waals surface area (Å²) in [5.41, 5.74) is 4.91. The lowest BCUT2D eigenvalue weighted by atomic mass is 9.68. The summed E-state index contributed by atoms with van der Waals surface area (Å²) in [6.07, 6.45) is -0.743. The molecule has 0 aromatic heterocycles. The van der Waals surface area contributed by atoms with Crippen molar-refractivity contribution < 1.29 is 84.5 Å². The largest absolute Gasteiger partial charge is 0.420 e. The number of halogens is 4. The van der Waals surface area contributed by atoms with Crippen LogP contribution in [0.15, 0.2) is 54.6 Å². The summed E-state index contributed by atoms with van der Waals surface area (Å²) in [6, 6.07) is 13.8. The number of esters is 1. The number of hydrogen-bond acceptors (Lipinski definition) is 16. The number of hydrogen-bond donors (Lipinski definition) is 6. The molecule has 24 nitrogen and oxygen atoms in total. The first-order valence-corrected chi connectivity index (χ1v) is 37.6. The number of carbonyl (C=O) groups is 11. The summed E-state index contributed by atoms with van der Waals surface area (Å²) in [6.45, 7) is 18.2. The normalized spacial score (nSPS) is 18.6. The van der Waals surface area contributed by atoms with Gasteiger partial charge in [-0.15, -0.1) is 0 Å². The van der Waals surface area contributed by atoms with E-state index in [1.807, 2.05) is 90.9 Å². The molecule has 1 heterocycles. The number of likely N-dealkylation sites (N-methyl/N-ethyl adjacent to an activating group) is 2. The lowest BCUT2D eigenvalue weighted by Gasteiger charge is -2.41. The molecule has 7 N–H and O–H groups in total. The third-order valence-corrected chi connectivity index (χ3v) is 21.4. The molecule has 596 valence electrons. The van der Waals surface area contributed by atoms with Crippen LogP contribution in [0.4, 0.5) is 28.0 Å². The average Bonchev–Trinajstić information content (AvgIpc) is 1.09. The van der Waals surface area contributed by atoms with Gasteiger partial charge in [0.05, 0.1) is 60.2 Å². The fourth-order valence-corrected chi connectivity index (χ4v) is 14.9. The van der Waals surface area contributed by atoms with E-state index in [-0.39, 0.29) is 138 Å². The maximum atomic E-state index is 14.7. The topological polar surface area (TPSA) is 335 Å². The van der Waals surface area contributed by atoms with E-state index >= 15 is 0 Å². The molecule has 0 bridgehead atoms. The lowest BCUT2D eigenvalue weighted by Crippen LogP contribution is -2.59. The fraction of sp³-hybridized carbons (Fsp3) is 0.625. The first-order valence-electron chi connectivity index (χ1n) is 37.6. The smallest absolute Gasteiger partial charge is 0.314 e. The Balaban J connectivity index is 1.20. The van der Waals surface area contributed by atoms with Crippen molar-refractivity contribution in [2.45, 2.75) is 221 Å². The number of nitrogens with zero attached hydrogens (tertiary/aromatic N) is 4. The van der Waals surface area contributed by atoms with E-state index < -0.39 is 153 Å². The van der Waals surface area contributed by atoms with Crippen LogP contribution in [0.2, 0.25) is 0 Å². The van der Waals surface area contributed by atoms with Crippen molar-refractivity contribution in [1.82, 2.24) is 36.0 Å². The summed E-state index contributed by atoms with van der Waals surface area (Å²) < 4.78 is 74.3. The molecule has 3 aromatic rings. The van der Waals surface area contributed by atoms with Crippen molar-refractivity contribution in [3.63, 3.8) is 0 Å². The van der Waals surface area contributed by atoms with Gasteiger partial charge in [-0.25, -0.2) is 13.6 Å². The molecule has 0 unspecified atom stereocenters. The van der Waals surface area contributed by atoms with Crippen molar-refractivity contribution in [2.75, 3.05) is 53.8 Å². The number of ether oxygens (including phenoxy) is 3. The lowest BCUT2D eigenvalue weighted by molar-refractivity contribution is -0.148. The summed E-state index contributed by atoms with van der Waals surface area (Å²) in [7, 11) is 8.38. The first-order chi connectivity index (χ1) is 50.9. The van der Waals surface area contributed by atoms with E-state index in [1.165, 1.54) is 14.2 Å². The van der Waals surface area contributed by atoms with Gasteiger partial charge in [-0.1, -0.05) is 111 Å². The SMILES string of the molecule is CC[C@H](C)[C@@H]([C@@H](CC(=O)N1CCC[C@H]1[C@H](OC)[C@@H](C)C(=O)C[C@@H](Cc1ccccc1)C(=O)NCc1ccc(NC(=O)[C@H](CCCNC(N)=O)CC(=O)[C@@H](NC(=O)CCC(=O)CC2(C#N)CCC(C(=O)Oc3c(F)c(F)c(C)c(F)c3F)CC2)C(C)C)cc1)OC)N(C)C(=O)[C@@H](NC(=O)[C@H](C(C)C)N(C)C)C(C)C. The number of likely N-dealkylation sites (tertiary alicyclic amines) is 1. The third-order valence-electron chi connectivity index (χ3n) is 21.4. The highest BCUT2D eigenvalue weighted by Crippen LogP contribution is 2.43. The highest BCUT2D eigenvalue weighted by Gasteiger charge is 2.45. The molecule has 0 spiro atoms. The minimum Gasteiger partial charge on any atom is -0.420 e. The number of nitrogens with one attached hydrogen (secondary N) is 5. The Bertz CT molecular complexity index is 3600. The molecule has 11 atom stereocenters. The number of amides is 8. The Morgan fingerprint density at radius 3 is 1.86 bits per heavy atom. The molecule has 3 aromatic carbocycles. The second kappa shape index (κ2) is 42.3. The zero-order valence-corrected chi connectivity index (χ0v) is 65.4. The number of methoxy groups -OCH3 is 2. The van der Waals surface area contributed by atoms with Crippen LogP contribution in [0.1, 0.15) is 175 Å². The maximum absolute atomic E-state index is 14.7. The number of urea groups is 1. The van der Waals surface area contributed by atoms with E-state index in [4.69, 9.17) is 19.9 Å². The zero-order valence-electron chi connectivity index (χ0n) is 65.4. The summed E-state index contributed by atoms with van der Waals surface area (Å²) in [4.78, 5) is 156. The minimum atomic E-state index is -1.87. The van der Waals surface area contributed by atoms with Gasteiger partial charge >= 0.3 is 12.0 Å². The number of rotatable bonds is 42. The molecule has 0 radical (unpaired) electrons. The molecule has 8 amide bonds. The van der Waals surface area contributed by atoms with Crippen LogP contribution in [0, 0.1) is 94.3 Å². The Hall–Kier alpha value is -8.68. The monoisotopic (exact) mass is 1510 g/mol. The number of nitriles is 1. The van der Waals surface area contributed by atoms with Gasteiger partial charge in [-0.05, 0) is 126 Å². The van der Waals surface area contributed by atoms with Crippen molar-refractivity contribution in [1.29, 1.82) is 5.26 Å². The van der Waals surface area contributed by atoms with E-state index in [2.05, 4.69) is 32.7 Å². The number of primary amides is 1. The number of Topliss-reactive ketones (excluding diaryl/α,β-unsaturated/α-hetero) is 3. The number of anilines is 1. The van der Waals surface area contributed by atoms with Crippen molar-refractivity contribution >= 4 is 70.5 Å². The van der Waals surface area contributed by atoms with Gasteiger partial charge in [0.15, 0.2) is 17.4 Å². The van der Waals surface area contributed by atoms with Crippen LogP contribution >= 0.6 is 0 Å². The first kappa shape index (κ1) is 89.9. The fourth-order valence-electron chi connectivity index (χ4n) is 14.9. The second-order valence-corrected chi connectivity index (χ2v) is 30.5. The quantitative estimate of drug-likeness (QED) is 0.0101. The molecule has 5 rings (SSSR count). The van der Waals surface area contributed by atoms with Crippen molar-refractivity contribution in [2.24, 2.45) is 58.5 Å². The van der Waals surface area contributed by atoms with Crippen molar-refractivity contribution in [3.8, 4) is 11.8 Å². The molecule has 1 saturated carbocycles. The van der Waals surface area contributed by atoms with Crippen molar-refractivity contribution in [3.05, 3.63) is 94.6 Å². The van der Waals surface area contributed by atoms with Gasteiger partial charge in [0.1, 0.15) is 17.6 Å². The van der Waals surface area contributed by atoms with Gasteiger partial charge in [0, 0.05) is 102 Å². The number of benzene rings is 3. The Labute approximate surface area is 633 Å². The predicted octanol–water partition coefficient (Wildman–Crippen LogP) is 9.78. The number of ketones is 3. The number of nitrogens with two attached hydrogens (primary N) is 1. The molecular formula is C80H114F4N10O14. The van der Waals surface area contributed by atoms with E-state index in [9.17, 15) is 75.6 Å². The van der Waals surface area contributed by atoms with Gasteiger partial charge < -0.3 is 56.3 Å². The molecule has 2 aliphatic rings. The van der Waals surface area contributed by atoms with Crippen LogP contribution < -0.4 is 37.1 Å². The van der Waals surface area contributed by atoms with Crippen LogP contribution in [0.5, 0.6) is 5.75 Å². The molecule has 28 heteroatoms. The maximum Gasteiger partial charge on any atom is 0.314 e. The van der Waals surface area contributed by atoms with Crippen LogP contribution in [-0.2, 0) is 70.4 Å². The zero-order chi connectivity index (χ0) is 80.6. The van der Waals surface area contributed by atoms with Gasteiger partial charge in [-0.3, -0.25) is 52.8 Å². The predicted molar refractivity (Wildman–Crippen MR) is 398 cm³/mol. The van der Waals surface area contributed by atoms with Gasteiger partial charge in [0.25, 0.3) is 0 Å². The highest BCUT2D eigenvalue weighted by molar-refractivity contribution is 5.98. The van der Waals surface area contributed by atoms with E-state index in [0.29, 0.717) is 37.1 Å². The Morgan fingerprint density at radius 1 is 0.704 bits per heavy atom. The Kier molecular flexibility index (Phi) is 35.3. The summed E-state index contributed by atoms with van der Waals surface area (Å²) in [5, 5.41) is 24.2. The molecule has 2 fully saturated rings. The van der Waals surface area contributed by atoms with E-state index in [1.54, 1.807) is 61.9 Å². The van der Waals surface area contributed by atoms with Crippen LogP contribution in [-0.4, -0.2) is 170 Å². The molecule has 1 saturated heterocycles. The molecule has 1 aliphatic heterocycles.